The van der Waals surface area contributed by atoms with Crippen LogP contribution in [0.5, 0.6) is 0 Å². The van der Waals surface area contributed by atoms with Gasteiger partial charge in [-0.2, -0.15) is 0 Å². The van der Waals surface area contributed by atoms with Crippen molar-refractivity contribution in [2.75, 3.05) is 17.1 Å². The molecule has 1 aliphatic carbocycles. The number of hydrogen-bond donors (Lipinski definition) is 1. The zero-order valence-corrected chi connectivity index (χ0v) is 22.9. The molecule has 2 aromatic rings. The molecule has 1 N–H and O–H groups in total. The quantitative estimate of drug-likeness (QED) is 0.515. The van der Waals surface area contributed by atoms with Crippen molar-refractivity contribution in [3.05, 3.63) is 64.7 Å². The SMILES string of the molecule is CC[C@@H](C(=O)NC1CCCC1)N(Cc1cccc(C)c1)C(=O)CN(c1ccc(C)c(C)c1)S(C)(=O)=O. The van der Waals surface area contributed by atoms with Crippen LogP contribution < -0.4 is 9.62 Å². The number of rotatable bonds is 10. The van der Waals surface area contributed by atoms with Crippen molar-refractivity contribution in [3.63, 3.8) is 0 Å². The third-order valence-corrected chi connectivity index (χ3v) is 8.12. The van der Waals surface area contributed by atoms with E-state index in [1.54, 1.807) is 12.1 Å². The van der Waals surface area contributed by atoms with Crippen molar-refractivity contribution in [3.8, 4) is 0 Å². The smallest absolute Gasteiger partial charge is 0.244 e. The molecule has 1 atom stereocenters. The van der Waals surface area contributed by atoms with Gasteiger partial charge in [0.15, 0.2) is 0 Å². The first kappa shape index (κ1) is 27.7. The van der Waals surface area contributed by atoms with E-state index in [2.05, 4.69) is 5.32 Å². The van der Waals surface area contributed by atoms with Crippen molar-refractivity contribution in [2.45, 2.75) is 78.4 Å². The minimum Gasteiger partial charge on any atom is -0.352 e. The Labute approximate surface area is 215 Å². The van der Waals surface area contributed by atoms with Crippen LogP contribution in [0.2, 0.25) is 0 Å². The molecule has 2 aromatic carbocycles. The van der Waals surface area contributed by atoms with E-state index in [0.29, 0.717) is 12.1 Å². The highest BCUT2D eigenvalue weighted by atomic mass is 32.2. The molecule has 0 radical (unpaired) electrons. The Kier molecular flexibility index (Phi) is 9.17. The zero-order valence-electron chi connectivity index (χ0n) is 22.1. The summed E-state index contributed by atoms with van der Waals surface area (Å²) in [6.07, 6.45) is 5.61. The van der Waals surface area contributed by atoms with Crippen LogP contribution in [0.15, 0.2) is 42.5 Å². The normalized spacial score (nSPS) is 14.9. The number of benzene rings is 2. The number of nitrogens with one attached hydrogen (secondary N) is 1. The number of nitrogens with zero attached hydrogens (tertiary/aromatic N) is 2. The molecule has 0 bridgehead atoms. The molecule has 0 spiro atoms. The molecule has 0 aliphatic heterocycles. The fraction of sp³-hybridized carbons (Fsp3) is 0.500. The molecular weight excluding hydrogens is 474 g/mol. The minimum atomic E-state index is -3.74. The average molecular weight is 514 g/mol. The second-order valence-electron chi connectivity index (χ2n) is 9.96. The third-order valence-electron chi connectivity index (χ3n) is 6.98. The van der Waals surface area contributed by atoms with Crippen LogP contribution in [0.1, 0.15) is 61.3 Å². The number of aryl methyl sites for hydroxylation is 3. The lowest BCUT2D eigenvalue weighted by Gasteiger charge is -2.33. The predicted octanol–water partition coefficient (Wildman–Crippen LogP) is 4.24. The molecule has 0 unspecified atom stereocenters. The van der Waals surface area contributed by atoms with E-state index in [9.17, 15) is 18.0 Å². The Morgan fingerprint density at radius 3 is 2.31 bits per heavy atom. The number of hydrogen-bond acceptors (Lipinski definition) is 4. The van der Waals surface area contributed by atoms with Gasteiger partial charge >= 0.3 is 0 Å². The van der Waals surface area contributed by atoms with Gasteiger partial charge in [0.2, 0.25) is 21.8 Å². The highest BCUT2D eigenvalue weighted by Crippen LogP contribution is 2.23. The molecule has 2 amide bonds. The van der Waals surface area contributed by atoms with Gasteiger partial charge in [-0.1, -0.05) is 55.7 Å². The topological polar surface area (TPSA) is 86.8 Å². The Hall–Kier alpha value is -2.87. The first-order chi connectivity index (χ1) is 17.0. The van der Waals surface area contributed by atoms with Gasteiger partial charge in [-0.3, -0.25) is 13.9 Å². The van der Waals surface area contributed by atoms with Gasteiger partial charge < -0.3 is 10.2 Å². The van der Waals surface area contributed by atoms with E-state index < -0.39 is 22.0 Å². The minimum absolute atomic E-state index is 0.130. The van der Waals surface area contributed by atoms with E-state index in [-0.39, 0.29) is 25.0 Å². The second kappa shape index (κ2) is 11.9. The summed E-state index contributed by atoms with van der Waals surface area (Å²) in [6, 6.07) is 12.6. The second-order valence-corrected chi connectivity index (χ2v) is 11.9. The molecule has 0 heterocycles. The summed E-state index contributed by atoms with van der Waals surface area (Å²) in [5.41, 5.74) is 4.36. The van der Waals surface area contributed by atoms with Crippen LogP contribution in [0, 0.1) is 20.8 Å². The largest absolute Gasteiger partial charge is 0.352 e. The fourth-order valence-electron chi connectivity index (χ4n) is 4.79. The van der Waals surface area contributed by atoms with E-state index in [0.717, 1.165) is 58.5 Å². The maximum absolute atomic E-state index is 13.8. The van der Waals surface area contributed by atoms with Crippen molar-refractivity contribution in [1.82, 2.24) is 10.2 Å². The lowest BCUT2D eigenvalue weighted by molar-refractivity contribution is -0.140. The van der Waals surface area contributed by atoms with Gasteiger partial charge in [0.25, 0.3) is 0 Å². The molecule has 8 heteroatoms. The molecule has 0 aromatic heterocycles. The summed E-state index contributed by atoms with van der Waals surface area (Å²) in [6.45, 7) is 7.57. The van der Waals surface area contributed by atoms with Gasteiger partial charge in [0.1, 0.15) is 12.6 Å². The van der Waals surface area contributed by atoms with Crippen molar-refractivity contribution in [1.29, 1.82) is 0 Å². The van der Waals surface area contributed by atoms with Crippen molar-refractivity contribution < 1.29 is 18.0 Å². The highest BCUT2D eigenvalue weighted by molar-refractivity contribution is 7.92. The predicted molar refractivity (Wildman–Crippen MR) is 144 cm³/mol. The van der Waals surface area contributed by atoms with Crippen LogP contribution in [0.25, 0.3) is 0 Å². The van der Waals surface area contributed by atoms with Crippen LogP contribution in [-0.4, -0.2) is 50.0 Å². The molecule has 3 rings (SSSR count). The van der Waals surface area contributed by atoms with Gasteiger partial charge in [-0.05, 0) is 68.9 Å². The summed E-state index contributed by atoms with van der Waals surface area (Å²) in [5.74, 6) is -0.587. The Bertz CT molecular complexity index is 1190. The zero-order chi connectivity index (χ0) is 26.5. The first-order valence-corrected chi connectivity index (χ1v) is 14.5. The Morgan fingerprint density at radius 2 is 1.72 bits per heavy atom. The number of sulfonamides is 1. The Morgan fingerprint density at radius 1 is 1.03 bits per heavy atom. The molecule has 36 heavy (non-hydrogen) atoms. The Balaban J connectivity index is 1.93. The van der Waals surface area contributed by atoms with E-state index in [1.165, 1.54) is 4.90 Å². The summed E-state index contributed by atoms with van der Waals surface area (Å²) in [4.78, 5) is 28.7. The first-order valence-electron chi connectivity index (χ1n) is 12.7. The van der Waals surface area contributed by atoms with E-state index in [4.69, 9.17) is 0 Å². The van der Waals surface area contributed by atoms with Crippen LogP contribution in [0.4, 0.5) is 5.69 Å². The molecule has 1 aliphatic rings. The number of carbonyl (C=O) groups is 2. The molecule has 196 valence electrons. The standard InChI is InChI=1S/C28H39N3O4S/c1-6-26(28(33)29-24-12-7-8-13-24)30(18-23-11-9-10-20(2)16-23)27(32)19-31(36(5,34)35)25-15-14-21(3)22(4)17-25/h9-11,14-17,24,26H,6-8,12-13,18-19H2,1-5H3,(H,29,33)/t26-/m0/s1. The highest BCUT2D eigenvalue weighted by Gasteiger charge is 2.33. The number of amides is 2. The molecule has 1 fully saturated rings. The summed E-state index contributed by atoms with van der Waals surface area (Å²) in [5, 5.41) is 3.13. The van der Waals surface area contributed by atoms with Crippen molar-refractivity contribution in [2.24, 2.45) is 0 Å². The lowest BCUT2D eigenvalue weighted by Crippen LogP contribution is -2.53. The van der Waals surface area contributed by atoms with Gasteiger partial charge in [0.05, 0.1) is 11.9 Å². The van der Waals surface area contributed by atoms with E-state index in [1.807, 2.05) is 58.0 Å². The van der Waals surface area contributed by atoms with Gasteiger partial charge in [-0.15, -0.1) is 0 Å². The van der Waals surface area contributed by atoms with Crippen LogP contribution >= 0.6 is 0 Å². The lowest BCUT2D eigenvalue weighted by atomic mass is 10.1. The van der Waals surface area contributed by atoms with Crippen molar-refractivity contribution >= 4 is 27.5 Å². The summed E-state index contributed by atoms with van der Waals surface area (Å²) in [7, 11) is -3.74. The monoisotopic (exact) mass is 513 g/mol. The molecule has 0 saturated heterocycles. The maximum atomic E-state index is 13.8. The van der Waals surface area contributed by atoms with Crippen LogP contribution in [-0.2, 0) is 26.2 Å². The van der Waals surface area contributed by atoms with Crippen LogP contribution in [0.3, 0.4) is 0 Å². The maximum Gasteiger partial charge on any atom is 0.244 e. The van der Waals surface area contributed by atoms with E-state index >= 15 is 0 Å². The number of carbonyl (C=O) groups excluding carboxylic acids is 2. The molecule has 1 saturated carbocycles. The fourth-order valence-corrected chi connectivity index (χ4v) is 5.63. The summed E-state index contributed by atoms with van der Waals surface area (Å²) >= 11 is 0. The summed E-state index contributed by atoms with van der Waals surface area (Å²) < 4.78 is 26.7. The van der Waals surface area contributed by atoms with Gasteiger partial charge in [0, 0.05) is 12.6 Å². The third kappa shape index (κ3) is 7.09. The number of anilines is 1. The molecule has 7 nitrogen and oxygen atoms in total. The molecular formula is C28H39N3O4S. The average Bonchev–Trinajstić information content (AvgIpc) is 3.31. The van der Waals surface area contributed by atoms with Gasteiger partial charge in [-0.25, -0.2) is 8.42 Å².